The summed E-state index contributed by atoms with van der Waals surface area (Å²) >= 11 is 0. The second kappa shape index (κ2) is 6.15. The van der Waals surface area contributed by atoms with E-state index in [0.717, 1.165) is 18.5 Å². The van der Waals surface area contributed by atoms with Gasteiger partial charge in [-0.2, -0.15) is 0 Å². The van der Waals surface area contributed by atoms with E-state index in [4.69, 9.17) is 0 Å². The predicted molar refractivity (Wildman–Crippen MR) is 78.4 cm³/mol. The lowest BCUT2D eigenvalue weighted by Crippen LogP contribution is -1.99. The molecule has 2 aromatic rings. The molecule has 0 atom stereocenters. The maximum absolute atomic E-state index is 4.41. The Balaban J connectivity index is 0.000000574. The Morgan fingerprint density at radius 1 is 0.833 bits per heavy atom. The summed E-state index contributed by atoms with van der Waals surface area (Å²) in [5.74, 6) is 0. The largest absolute Gasteiger partial charge is 0.257 e. The van der Waals surface area contributed by atoms with Crippen molar-refractivity contribution in [3.63, 3.8) is 0 Å². The summed E-state index contributed by atoms with van der Waals surface area (Å²) in [6.07, 6.45) is 8.31. The molecule has 18 heavy (non-hydrogen) atoms. The molecule has 0 aliphatic heterocycles. The molecule has 1 aliphatic carbocycles. The minimum atomic E-state index is 1.07. The van der Waals surface area contributed by atoms with Crippen molar-refractivity contribution in [2.75, 3.05) is 0 Å². The average molecular weight is 237 g/mol. The van der Waals surface area contributed by atoms with E-state index < -0.39 is 0 Å². The maximum Gasteiger partial charge on any atom is 0.0661 e. The summed E-state index contributed by atoms with van der Waals surface area (Å²) in [5.41, 5.74) is 5.19. The highest BCUT2D eigenvalue weighted by Crippen LogP contribution is 2.20. The van der Waals surface area contributed by atoms with Gasteiger partial charge in [0, 0.05) is 6.20 Å². The van der Waals surface area contributed by atoms with Crippen LogP contribution in [0.15, 0.2) is 42.6 Å². The summed E-state index contributed by atoms with van der Waals surface area (Å²) < 4.78 is 0. The van der Waals surface area contributed by atoms with Gasteiger partial charge in [0.1, 0.15) is 0 Å². The summed E-state index contributed by atoms with van der Waals surface area (Å²) in [6, 6.07) is 12.8. The molecule has 0 bridgehead atoms. The highest BCUT2D eigenvalue weighted by atomic mass is 14.7. The lowest BCUT2D eigenvalue weighted by Gasteiger charge is -2.11. The first-order valence-electron chi connectivity index (χ1n) is 6.63. The van der Waals surface area contributed by atoms with E-state index in [9.17, 15) is 0 Å². The maximum atomic E-state index is 4.41. The van der Waals surface area contributed by atoms with E-state index in [1.165, 1.54) is 16.7 Å². The third kappa shape index (κ3) is 2.67. The zero-order chi connectivity index (χ0) is 12.8. The van der Waals surface area contributed by atoms with E-state index in [-0.39, 0.29) is 0 Å². The number of hydrogen-bond acceptors (Lipinski definition) is 1. The first kappa shape index (κ1) is 12.6. The molecule has 1 aromatic carbocycles. The topological polar surface area (TPSA) is 12.9 Å². The number of pyridine rings is 1. The van der Waals surface area contributed by atoms with Crippen molar-refractivity contribution >= 4 is 12.2 Å². The Hall–Kier alpha value is -1.89. The Bertz CT molecular complexity index is 491. The Kier molecular flexibility index (Phi) is 4.30. The van der Waals surface area contributed by atoms with Crippen molar-refractivity contribution in [3.8, 4) is 0 Å². The van der Waals surface area contributed by atoms with Gasteiger partial charge in [-0.3, -0.25) is 4.98 Å². The molecule has 0 radical (unpaired) electrons. The second-order valence-electron chi connectivity index (χ2n) is 4.08. The highest BCUT2D eigenvalue weighted by molar-refractivity contribution is 5.71. The molecule has 0 unspecified atom stereocenters. The van der Waals surface area contributed by atoms with Gasteiger partial charge in [0.2, 0.25) is 0 Å². The van der Waals surface area contributed by atoms with Gasteiger partial charge in [0.15, 0.2) is 0 Å². The van der Waals surface area contributed by atoms with Gasteiger partial charge < -0.3 is 0 Å². The molecule has 1 aliphatic rings. The smallest absolute Gasteiger partial charge is 0.0661 e. The molecule has 0 saturated carbocycles. The van der Waals surface area contributed by atoms with Crippen LogP contribution in [-0.4, -0.2) is 4.98 Å². The van der Waals surface area contributed by atoms with Crippen molar-refractivity contribution in [3.05, 3.63) is 65.0 Å². The van der Waals surface area contributed by atoms with Gasteiger partial charge in [0.25, 0.3) is 0 Å². The number of nitrogens with zero attached hydrogens (tertiary/aromatic N) is 1. The van der Waals surface area contributed by atoms with Gasteiger partial charge in [-0.15, -0.1) is 0 Å². The Morgan fingerprint density at radius 2 is 1.56 bits per heavy atom. The lowest BCUT2D eigenvalue weighted by molar-refractivity contribution is 0.940. The fourth-order valence-electron chi connectivity index (χ4n) is 2.17. The molecular formula is C17H19N. The second-order valence-corrected chi connectivity index (χ2v) is 4.08. The molecular weight excluding hydrogens is 218 g/mol. The average Bonchev–Trinajstić information content (AvgIpc) is 2.44. The van der Waals surface area contributed by atoms with Crippen molar-refractivity contribution in [1.82, 2.24) is 4.98 Å². The number of benzene rings is 1. The van der Waals surface area contributed by atoms with Crippen molar-refractivity contribution < 1.29 is 0 Å². The molecule has 0 saturated heterocycles. The number of aromatic nitrogens is 1. The van der Waals surface area contributed by atoms with Crippen LogP contribution in [0.2, 0.25) is 0 Å². The Labute approximate surface area is 109 Å². The van der Waals surface area contributed by atoms with Crippen LogP contribution in [0.25, 0.3) is 12.2 Å². The molecule has 1 heteroatoms. The van der Waals surface area contributed by atoms with Crippen LogP contribution >= 0.6 is 0 Å². The van der Waals surface area contributed by atoms with Crippen LogP contribution in [0, 0.1) is 0 Å². The van der Waals surface area contributed by atoms with Crippen LogP contribution in [-0.2, 0) is 12.8 Å². The van der Waals surface area contributed by atoms with Crippen molar-refractivity contribution in [2.24, 2.45) is 0 Å². The van der Waals surface area contributed by atoms with E-state index in [0.29, 0.717) is 0 Å². The fraction of sp³-hybridized carbons (Fsp3) is 0.235. The van der Waals surface area contributed by atoms with Crippen LogP contribution in [0.5, 0.6) is 0 Å². The van der Waals surface area contributed by atoms with Gasteiger partial charge in [0.05, 0.1) is 5.69 Å². The van der Waals surface area contributed by atoms with E-state index in [1.54, 1.807) is 0 Å². The minimum absolute atomic E-state index is 1.07. The van der Waals surface area contributed by atoms with Gasteiger partial charge >= 0.3 is 0 Å². The van der Waals surface area contributed by atoms with Crippen LogP contribution in [0.3, 0.4) is 0 Å². The highest BCUT2D eigenvalue weighted by Gasteiger charge is 2.06. The molecule has 1 heterocycles. The molecule has 92 valence electrons. The zero-order valence-corrected chi connectivity index (χ0v) is 11.1. The minimum Gasteiger partial charge on any atom is -0.257 e. The number of fused-ring (bicyclic) bond motifs is 2. The van der Waals surface area contributed by atoms with E-state index >= 15 is 0 Å². The normalized spacial score (nSPS) is 14.1. The van der Waals surface area contributed by atoms with Crippen LogP contribution < -0.4 is 0 Å². The number of hydrogen-bond donors (Lipinski definition) is 0. The first-order valence-corrected chi connectivity index (χ1v) is 6.63. The van der Waals surface area contributed by atoms with E-state index in [1.807, 2.05) is 26.1 Å². The zero-order valence-electron chi connectivity index (χ0n) is 11.1. The summed E-state index contributed by atoms with van der Waals surface area (Å²) in [6.45, 7) is 4.00. The molecule has 0 spiro atoms. The van der Waals surface area contributed by atoms with Crippen LogP contribution in [0.4, 0.5) is 0 Å². The first-order chi connectivity index (χ1) is 8.93. The molecule has 3 rings (SSSR count). The summed E-state index contributed by atoms with van der Waals surface area (Å²) in [4.78, 5) is 4.41. The predicted octanol–water partition coefficient (Wildman–Crippen LogP) is 4.38. The van der Waals surface area contributed by atoms with E-state index in [2.05, 4.69) is 47.5 Å². The lowest BCUT2D eigenvalue weighted by atomic mass is 9.96. The third-order valence-electron chi connectivity index (χ3n) is 3.07. The van der Waals surface area contributed by atoms with Gasteiger partial charge in [-0.25, -0.2) is 0 Å². The SMILES string of the molecule is C1=C\c2ncccc2CCc2ccccc2/1.CC. The molecule has 0 N–H and O–H groups in total. The molecule has 0 fully saturated rings. The standard InChI is InChI=1S/C15H13N.C2H6/c1-2-5-13-9-10-15-14(6-3-11-16-15)8-7-12(13)4-1;1-2/h1-6,9-11H,7-8H2;1-2H3/b10-9-;. The Morgan fingerprint density at radius 3 is 2.44 bits per heavy atom. The number of rotatable bonds is 0. The summed E-state index contributed by atoms with van der Waals surface area (Å²) in [5, 5.41) is 0. The molecule has 1 aromatic heterocycles. The van der Waals surface area contributed by atoms with Gasteiger partial charge in [-0.05, 0) is 41.7 Å². The monoisotopic (exact) mass is 237 g/mol. The van der Waals surface area contributed by atoms with Crippen LogP contribution in [0.1, 0.15) is 36.2 Å². The van der Waals surface area contributed by atoms with Crippen molar-refractivity contribution in [1.29, 1.82) is 0 Å². The quantitative estimate of drug-likeness (QED) is 0.662. The molecule has 1 nitrogen and oxygen atoms in total. The summed E-state index contributed by atoms with van der Waals surface area (Å²) in [7, 11) is 0. The molecule has 0 amide bonds. The van der Waals surface area contributed by atoms with Gasteiger partial charge in [-0.1, -0.05) is 50.3 Å². The third-order valence-corrected chi connectivity index (χ3v) is 3.07. The number of aryl methyl sites for hydroxylation is 2. The van der Waals surface area contributed by atoms with Crippen molar-refractivity contribution in [2.45, 2.75) is 26.7 Å². The fourth-order valence-corrected chi connectivity index (χ4v) is 2.17.